The SMILES string of the molecule is O=C(O)C(Cc1coc2ccccc12)NCc1cc2n(n1)CCC2. The van der Waals surface area contributed by atoms with Crippen LogP contribution in [0.1, 0.15) is 23.4 Å². The maximum absolute atomic E-state index is 11.6. The molecule has 0 radical (unpaired) electrons. The molecule has 2 N–H and O–H groups in total. The zero-order valence-corrected chi connectivity index (χ0v) is 13.2. The molecule has 24 heavy (non-hydrogen) atoms. The molecule has 0 spiro atoms. The third-order valence-corrected chi connectivity index (χ3v) is 4.53. The summed E-state index contributed by atoms with van der Waals surface area (Å²) >= 11 is 0. The van der Waals surface area contributed by atoms with Crippen LogP contribution >= 0.6 is 0 Å². The molecule has 1 aliphatic heterocycles. The Kier molecular flexibility index (Phi) is 3.82. The van der Waals surface area contributed by atoms with Crippen molar-refractivity contribution in [1.29, 1.82) is 0 Å². The molecule has 3 aromatic rings. The molecule has 1 atom stereocenters. The van der Waals surface area contributed by atoms with E-state index in [4.69, 9.17) is 4.42 Å². The minimum atomic E-state index is -0.868. The predicted molar refractivity (Wildman–Crippen MR) is 88.7 cm³/mol. The van der Waals surface area contributed by atoms with Crippen LogP contribution in [-0.2, 0) is 30.7 Å². The Morgan fingerprint density at radius 2 is 2.29 bits per heavy atom. The van der Waals surface area contributed by atoms with E-state index >= 15 is 0 Å². The number of carboxylic acid groups (broad SMARTS) is 1. The van der Waals surface area contributed by atoms with Gasteiger partial charge in [-0.25, -0.2) is 0 Å². The van der Waals surface area contributed by atoms with Gasteiger partial charge in [-0.15, -0.1) is 0 Å². The predicted octanol–water partition coefficient (Wildman–Crippen LogP) is 2.36. The van der Waals surface area contributed by atoms with Crippen LogP contribution in [0.25, 0.3) is 11.0 Å². The molecule has 0 fully saturated rings. The van der Waals surface area contributed by atoms with Gasteiger partial charge in [-0.05, 0) is 25.0 Å². The normalized spacial score (nSPS) is 14.8. The van der Waals surface area contributed by atoms with Crippen molar-refractivity contribution < 1.29 is 14.3 Å². The van der Waals surface area contributed by atoms with Gasteiger partial charge in [0.1, 0.15) is 11.6 Å². The number of benzene rings is 1. The van der Waals surface area contributed by atoms with E-state index in [1.54, 1.807) is 6.26 Å². The van der Waals surface area contributed by atoms with Crippen molar-refractivity contribution in [3.8, 4) is 0 Å². The Morgan fingerprint density at radius 1 is 1.42 bits per heavy atom. The lowest BCUT2D eigenvalue weighted by Crippen LogP contribution is -2.38. The first kappa shape index (κ1) is 15.0. The topological polar surface area (TPSA) is 80.3 Å². The molecule has 0 saturated heterocycles. The second-order valence-corrected chi connectivity index (χ2v) is 6.19. The summed E-state index contributed by atoms with van der Waals surface area (Å²) < 4.78 is 7.51. The van der Waals surface area contributed by atoms with Crippen LogP contribution in [0.15, 0.2) is 41.0 Å². The number of carbonyl (C=O) groups is 1. The van der Waals surface area contributed by atoms with Crippen LogP contribution in [0.2, 0.25) is 0 Å². The van der Waals surface area contributed by atoms with Crippen LogP contribution in [0.3, 0.4) is 0 Å². The van der Waals surface area contributed by atoms with Crippen LogP contribution in [0.4, 0.5) is 0 Å². The molecule has 3 heterocycles. The van der Waals surface area contributed by atoms with Crippen molar-refractivity contribution in [2.75, 3.05) is 0 Å². The zero-order valence-electron chi connectivity index (χ0n) is 13.2. The molecule has 0 amide bonds. The quantitative estimate of drug-likeness (QED) is 0.727. The van der Waals surface area contributed by atoms with E-state index in [0.717, 1.165) is 41.6 Å². The van der Waals surface area contributed by atoms with Gasteiger partial charge in [0.15, 0.2) is 0 Å². The van der Waals surface area contributed by atoms with Gasteiger partial charge in [0, 0.05) is 36.2 Å². The molecular weight excluding hydrogens is 306 g/mol. The largest absolute Gasteiger partial charge is 0.480 e. The fraction of sp³-hybridized carbons (Fsp3) is 0.333. The fourth-order valence-electron chi connectivity index (χ4n) is 3.29. The van der Waals surface area contributed by atoms with Gasteiger partial charge in [0.2, 0.25) is 0 Å². The third-order valence-electron chi connectivity index (χ3n) is 4.53. The second kappa shape index (κ2) is 6.13. The van der Waals surface area contributed by atoms with Crippen molar-refractivity contribution in [3.63, 3.8) is 0 Å². The van der Waals surface area contributed by atoms with E-state index in [9.17, 15) is 9.90 Å². The third kappa shape index (κ3) is 2.80. The minimum absolute atomic E-state index is 0.375. The number of furan rings is 1. The Balaban J connectivity index is 1.47. The highest BCUT2D eigenvalue weighted by atomic mass is 16.4. The standard InChI is InChI=1S/C18H19N3O3/c22-18(23)16(8-12-11-24-17-6-2-1-5-15(12)17)19-10-13-9-14-4-3-7-21(14)20-13/h1-2,5-6,9,11,16,19H,3-4,7-8,10H2,(H,22,23). The minimum Gasteiger partial charge on any atom is -0.480 e. The average molecular weight is 325 g/mol. The first-order valence-corrected chi connectivity index (χ1v) is 8.17. The number of hydrogen-bond acceptors (Lipinski definition) is 4. The molecule has 0 aliphatic carbocycles. The number of carboxylic acids is 1. The van der Waals surface area contributed by atoms with Crippen molar-refractivity contribution >= 4 is 16.9 Å². The number of aliphatic carboxylic acids is 1. The number of hydrogen-bond donors (Lipinski definition) is 2. The van der Waals surface area contributed by atoms with Gasteiger partial charge in [-0.2, -0.15) is 5.10 Å². The molecule has 1 aliphatic rings. The lowest BCUT2D eigenvalue weighted by Gasteiger charge is -2.13. The average Bonchev–Trinajstić information content (AvgIpc) is 3.25. The summed E-state index contributed by atoms with van der Waals surface area (Å²) in [5.74, 6) is -0.868. The molecule has 6 nitrogen and oxygen atoms in total. The van der Waals surface area contributed by atoms with Crippen molar-refractivity contribution in [2.24, 2.45) is 0 Å². The monoisotopic (exact) mass is 325 g/mol. The summed E-state index contributed by atoms with van der Waals surface area (Å²) in [5.41, 5.74) is 3.81. The maximum Gasteiger partial charge on any atom is 0.321 e. The number of fused-ring (bicyclic) bond motifs is 2. The number of aromatic nitrogens is 2. The van der Waals surface area contributed by atoms with Crippen LogP contribution in [0, 0.1) is 0 Å². The molecule has 1 aromatic carbocycles. The van der Waals surface area contributed by atoms with Crippen molar-refractivity contribution in [1.82, 2.24) is 15.1 Å². The number of aryl methyl sites for hydroxylation is 2. The van der Waals surface area contributed by atoms with Gasteiger partial charge < -0.3 is 9.52 Å². The Hall–Kier alpha value is -2.60. The van der Waals surface area contributed by atoms with Gasteiger partial charge in [-0.1, -0.05) is 18.2 Å². The lowest BCUT2D eigenvalue weighted by molar-refractivity contribution is -0.139. The molecule has 6 heteroatoms. The molecule has 0 saturated carbocycles. The number of para-hydroxylation sites is 1. The van der Waals surface area contributed by atoms with Gasteiger partial charge >= 0.3 is 5.97 Å². The van der Waals surface area contributed by atoms with Gasteiger partial charge in [0.25, 0.3) is 0 Å². The summed E-state index contributed by atoms with van der Waals surface area (Å²) in [7, 11) is 0. The Bertz CT molecular complexity index is 859. The van der Waals surface area contributed by atoms with Crippen LogP contribution in [0.5, 0.6) is 0 Å². The van der Waals surface area contributed by atoms with Gasteiger partial charge in [0.05, 0.1) is 12.0 Å². The van der Waals surface area contributed by atoms with E-state index in [0.29, 0.717) is 13.0 Å². The number of nitrogens with zero attached hydrogens (tertiary/aromatic N) is 2. The maximum atomic E-state index is 11.6. The number of nitrogens with one attached hydrogen (secondary N) is 1. The zero-order chi connectivity index (χ0) is 16.5. The molecule has 4 rings (SSSR count). The van der Waals surface area contributed by atoms with Crippen molar-refractivity contribution in [3.05, 3.63) is 53.5 Å². The fourth-order valence-corrected chi connectivity index (χ4v) is 3.29. The van der Waals surface area contributed by atoms with E-state index < -0.39 is 12.0 Å². The molecule has 0 bridgehead atoms. The Morgan fingerprint density at radius 3 is 3.12 bits per heavy atom. The van der Waals surface area contributed by atoms with Crippen molar-refractivity contribution in [2.45, 2.75) is 38.4 Å². The summed E-state index contributed by atoms with van der Waals surface area (Å²) in [4.78, 5) is 11.6. The molecule has 2 aromatic heterocycles. The summed E-state index contributed by atoms with van der Waals surface area (Å²) in [6, 6.07) is 9.05. The van der Waals surface area contributed by atoms with Crippen LogP contribution in [-0.4, -0.2) is 26.9 Å². The van der Waals surface area contributed by atoms with E-state index in [2.05, 4.69) is 16.5 Å². The van der Waals surface area contributed by atoms with E-state index in [1.165, 1.54) is 5.69 Å². The van der Waals surface area contributed by atoms with E-state index in [-0.39, 0.29) is 0 Å². The highest BCUT2D eigenvalue weighted by molar-refractivity contribution is 5.82. The molecular formula is C18H19N3O3. The Labute approximate surface area is 139 Å². The lowest BCUT2D eigenvalue weighted by atomic mass is 10.0. The molecule has 124 valence electrons. The first-order valence-electron chi connectivity index (χ1n) is 8.17. The van der Waals surface area contributed by atoms with Gasteiger partial charge in [-0.3, -0.25) is 14.8 Å². The summed E-state index contributed by atoms with van der Waals surface area (Å²) in [5, 5.41) is 18.1. The second-order valence-electron chi connectivity index (χ2n) is 6.19. The summed E-state index contributed by atoms with van der Waals surface area (Å²) in [6.07, 6.45) is 4.21. The van der Waals surface area contributed by atoms with E-state index in [1.807, 2.05) is 28.9 Å². The number of rotatable bonds is 6. The highest BCUT2D eigenvalue weighted by Crippen LogP contribution is 2.22. The highest BCUT2D eigenvalue weighted by Gasteiger charge is 2.21. The summed E-state index contributed by atoms with van der Waals surface area (Å²) in [6.45, 7) is 1.41. The molecule has 1 unspecified atom stereocenters. The smallest absolute Gasteiger partial charge is 0.321 e. The van der Waals surface area contributed by atoms with Crippen LogP contribution < -0.4 is 5.32 Å². The first-order chi connectivity index (χ1) is 11.7.